The molecule has 2 aliphatic rings. The summed E-state index contributed by atoms with van der Waals surface area (Å²) in [5.41, 5.74) is 3.36. The maximum Gasteiger partial charge on any atom is 0.278 e. The highest BCUT2D eigenvalue weighted by atomic mass is 16.5. The lowest BCUT2D eigenvalue weighted by atomic mass is 10.0. The molecular weight excluding hydrogens is 428 g/mol. The van der Waals surface area contributed by atoms with E-state index in [0.717, 1.165) is 43.3 Å². The van der Waals surface area contributed by atoms with Crippen LogP contribution >= 0.6 is 0 Å². The first-order valence-electron chi connectivity index (χ1n) is 12.0. The maximum absolute atomic E-state index is 13.3. The molecule has 1 N–H and O–H groups in total. The van der Waals surface area contributed by atoms with Crippen LogP contribution in [0.15, 0.2) is 54.2 Å². The zero-order valence-corrected chi connectivity index (χ0v) is 20.5. The fraction of sp³-hybridized carbons (Fsp3) is 0.407. The van der Waals surface area contributed by atoms with E-state index in [0.29, 0.717) is 30.0 Å². The molecule has 7 nitrogen and oxygen atoms in total. The fourth-order valence-corrected chi connectivity index (χ4v) is 4.34. The number of carbonyl (C=O) groups is 2. The number of likely N-dealkylation sites (N-methyl/N-ethyl adjacent to an activating group) is 1. The van der Waals surface area contributed by atoms with E-state index in [-0.39, 0.29) is 17.7 Å². The molecule has 0 radical (unpaired) electrons. The number of hydrogen-bond donors (Lipinski definition) is 1. The average Bonchev–Trinajstić information content (AvgIpc) is 3.05. The monoisotopic (exact) mass is 462 g/mol. The van der Waals surface area contributed by atoms with E-state index in [9.17, 15) is 9.59 Å². The number of rotatable bonds is 8. The van der Waals surface area contributed by atoms with Crippen molar-refractivity contribution in [2.45, 2.75) is 20.8 Å². The van der Waals surface area contributed by atoms with Gasteiger partial charge in [0.05, 0.1) is 12.2 Å². The molecule has 2 aromatic carbocycles. The van der Waals surface area contributed by atoms with Crippen LogP contribution in [0.25, 0.3) is 5.57 Å². The van der Waals surface area contributed by atoms with Crippen molar-refractivity contribution >= 4 is 28.8 Å². The van der Waals surface area contributed by atoms with Gasteiger partial charge in [0.25, 0.3) is 11.8 Å². The molecule has 0 unspecified atom stereocenters. The molecule has 0 aromatic heterocycles. The molecule has 1 fully saturated rings. The van der Waals surface area contributed by atoms with Gasteiger partial charge in [0.1, 0.15) is 11.4 Å². The van der Waals surface area contributed by atoms with Crippen LogP contribution in [-0.4, -0.2) is 68.0 Å². The van der Waals surface area contributed by atoms with Crippen LogP contribution in [0, 0.1) is 5.92 Å². The molecule has 0 aliphatic carbocycles. The zero-order chi connectivity index (χ0) is 24.2. The smallest absolute Gasteiger partial charge is 0.278 e. The van der Waals surface area contributed by atoms with Gasteiger partial charge in [-0.15, -0.1) is 0 Å². The Kier molecular flexibility index (Phi) is 7.22. The van der Waals surface area contributed by atoms with Crippen LogP contribution in [0.3, 0.4) is 0 Å². The number of anilines is 2. The summed E-state index contributed by atoms with van der Waals surface area (Å²) in [6.07, 6.45) is 0. The topological polar surface area (TPSA) is 65.1 Å². The van der Waals surface area contributed by atoms with Gasteiger partial charge in [0.15, 0.2) is 0 Å². The number of nitrogens with one attached hydrogen (secondary N) is 1. The summed E-state index contributed by atoms with van der Waals surface area (Å²) < 4.78 is 5.53. The lowest BCUT2D eigenvalue weighted by molar-refractivity contribution is -0.137. The largest absolute Gasteiger partial charge is 0.494 e. The highest BCUT2D eigenvalue weighted by Gasteiger charge is 2.39. The summed E-state index contributed by atoms with van der Waals surface area (Å²) in [6.45, 7) is 10.9. The van der Waals surface area contributed by atoms with Crippen LogP contribution in [0.4, 0.5) is 11.4 Å². The van der Waals surface area contributed by atoms with Crippen molar-refractivity contribution in [1.29, 1.82) is 0 Å². The van der Waals surface area contributed by atoms with Crippen LogP contribution in [0.5, 0.6) is 5.75 Å². The van der Waals surface area contributed by atoms with Gasteiger partial charge < -0.3 is 19.9 Å². The molecule has 1 saturated heterocycles. The van der Waals surface area contributed by atoms with Crippen LogP contribution in [0.1, 0.15) is 26.3 Å². The highest BCUT2D eigenvalue weighted by molar-refractivity contribution is 6.36. The third kappa shape index (κ3) is 5.09. The molecule has 4 rings (SSSR count). The Labute approximate surface area is 202 Å². The van der Waals surface area contributed by atoms with Crippen molar-refractivity contribution < 1.29 is 14.3 Å². The predicted octanol–water partition coefficient (Wildman–Crippen LogP) is 3.69. The minimum absolute atomic E-state index is 0.178. The van der Waals surface area contributed by atoms with Crippen LogP contribution in [0.2, 0.25) is 0 Å². The van der Waals surface area contributed by atoms with Crippen LogP contribution in [-0.2, 0) is 9.59 Å². The van der Waals surface area contributed by atoms with Gasteiger partial charge in [-0.2, -0.15) is 0 Å². The second-order valence-corrected chi connectivity index (χ2v) is 9.28. The van der Waals surface area contributed by atoms with Crippen molar-refractivity contribution in [2.75, 3.05) is 56.6 Å². The van der Waals surface area contributed by atoms with E-state index in [1.807, 2.05) is 57.2 Å². The number of piperazine rings is 1. The fourth-order valence-electron chi connectivity index (χ4n) is 4.34. The van der Waals surface area contributed by atoms with Gasteiger partial charge in [-0.1, -0.05) is 26.0 Å². The third-order valence-corrected chi connectivity index (χ3v) is 6.17. The Balaban J connectivity index is 1.61. The van der Waals surface area contributed by atoms with Gasteiger partial charge in [0.2, 0.25) is 0 Å². The number of nitrogens with zero attached hydrogens (tertiary/aromatic N) is 3. The third-order valence-electron chi connectivity index (χ3n) is 6.17. The minimum atomic E-state index is -0.286. The molecule has 0 bridgehead atoms. The number of carbonyl (C=O) groups excluding carboxylic acids is 2. The summed E-state index contributed by atoms with van der Waals surface area (Å²) in [5.74, 6) is 0.360. The van der Waals surface area contributed by atoms with E-state index in [4.69, 9.17) is 4.74 Å². The normalized spacial score (nSPS) is 17.2. The summed E-state index contributed by atoms with van der Waals surface area (Å²) in [6, 6.07) is 15.4. The van der Waals surface area contributed by atoms with E-state index in [1.165, 1.54) is 4.90 Å². The second-order valence-electron chi connectivity index (χ2n) is 9.28. The van der Waals surface area contributed by atoms with E-state index < -0.39 is 0 Å². The SMILES string of the molecule is CCOc1ccc(C2=C(Nc3ccc(N4CCN(C)CC4)cc3)C(=O)N(CC(C)C)C2=O)cc1. The molecular formula is C27H34N4O3. The van der Waals surface area contributed by atoms with Gasteiger partial charge in [-0.25, -0.2) is 0 Å². The van der Waals surface area contributed by atoms with E-state index in [2.05, 4.69) is 34.3 Å². The second kappa shape index (κ2) is 10.3. The molecule has 180 valence electrons. The van der Waals surface area contributed by atoms with Crippen molar-refractivity contribution in [2.24, 2.45) is 5.92 Å². The van der Waals surface area contributed by atoms with E-state index >= 15 is 0 Å². The molecule has 7 heteroatoms. The maximum atomic E-state index is 13.3. The molecule has 34 heavy (non-hydrogen) atoms. The first-order valence-corrected chi connectivity index (χ1v) is 12.0. The summed E-state index contributed by atoms with van der Waals surface area (Å²) in [4.78, 5) is 32.7. The molecule has 2 amide bonds. The van der Waals surface area contributed by atoms with Gasteiger partial charge in [-0.3, -0.25) is 14.5 Å². The number of benzene rings is 2. The highest BCUT2D eigenvalue weighted by Crippen LogP contribution is 2.32. The first kappa shape index (κ1) is 23.8. The van der Waals surface area contributed by atoms with E-state index in [1.54, 1.807) is 0 Å². The van der Waals surface area contributed by atoms with Gasteiger partial charge >= 0.3 is 0 Å². The minimum Gasteiger partial charge on any atom is -0.494 e. The summed E-state index contributed by atoms with van der Waals surface area (Å²) >= 11 is 0. The quantitative estimate of drug-likeness (QED) is 0.604. The molecule has 2 aliphatic heterocycles. The Bertz CT molecular complexity index is 1050. The van der Waals surface area contributed by atoms with Crippen molar-refractivity contribution in [3.05, 3.63) is 59.8 Å². The van der Waals surface area contributed by atoms with Crippen LogP contribution < -0.4 is 15.0 Å². The molecule has 0 atom stereocenters. The Hall–Kier alpha value is -3.32. The first-order chi connectivity index (χ1) is 16.4. The van der Waals surface area contributed by atoms with Crippen molar-refractivity contribution in [1.82, 2.24) is 9.80 Å². The Morgan fingerprint density at radius 1 is 0.912 bits per heavy atom. The Morgan fingerprint density at radius 2 is 1.56 bits per heavy atom. The molecule has 0 saturated carbocycles. The van der Waals surface area contributed by atoms with Crippen molar-refractivity contribution in [3.63, 3.8) is 0 Å². The standard InChI is InChI=1S/C27H34N4O3/c1-5-34-23-12-6-20(7-13-23)24-25(27(33)31(26(24)32)18-19(2)3)28-21-8-10-22(11-9-21)30-16-14-29(4)15-17-30/h6-13,19,28H,5,14-18H2,1-4H3. The number of hydrogen-bond acceptors (Lipinski definition) is 6. The summed E-state index contributed by atoms with van der Waals surface area (Å²) in [7, 11) is 2.14. The average molecular weight is 463 g/mol. The number of imide groups is 1. The number of amides is 2. The van der Waals surface area contributed by atoms with Gasteiger partial charge in [0, 0.05) is 44.1 Å². The lowest BCUT2D eigenvalue weighted by Gasteiger charge is -2.34. The zero-order valence-electron chi connectivity index (χ0n) is 20.5. The van der Waals surface area contributed by atoms with Gasteiger partial charge in [-0.05, 0) is 61.9 Å². The molecule has 0 spiro atoms. The number of ether oxygens (including phenoxy) is 1. The predicted molar refractivity (Wildman–Crippen MR) is 136 cm³/mol. The molecule has 2 aromatic rings. The molecule has 2 heterocycles. The van der Waals surface area contributed by atoms with Crippen molar-refractivity contribution in [3.8, 4) is 5.75 Å². The lowest BCUT2D eigenvalue weighted by Crippen LogP contribution is -2.44. The Morgan fingerprint density at radius 3 is 2.15 bits per heavy atom. The summed E-state index contributed by atoms with van der Waals surface area (Å²) in [5, 5.41) is 3.26.